The lowest BCUT2D eigenvalue weighted by atomic mass is 10.2. The molecule has 12 heteroatoms. The van der Waals surface area contributed by atoms with Crippen molar-refractivity contribution < 1.29 is 28.4 Å². The number of benzene rings is 2. The zero-order chi connectivity index (χ0) is 24.1. The number of carbonyl (C=O) groups is 1. The number of nitrogens with one attached hydrogen (secondary N) is 2. The number of hydrogen-bond donors (Lipinski definition) is 4. The van der Waals surface area contributed by atoms with E-state index in [1.807, 2.05) is 11.4 Å². The number of aromatic nitrogens is 2. The van der Waals surface area contributed by atoms with E-state index in [0.29, 0.717) is 40.0 Å². The van der Waals surface area contributed by atoms with E-state index in [0.717, 1.165) is 4.70 Å². The van der Waals surface area contributed by atoms with Gasteiger partial charge in [-0.3, -0.25) is 9.32 Å². The smallest absolute Gasteiger partial charge is 0.437 e. The molecule has 10 nitrogen and oxygen atoms in total. The molecule has 0 atom stereocenters. The third kappa shape index (κ3) is 6.25. The van der Waals surface area contributed by atoms with Crippen molar-refractivity contribution in [1.82, 2.24) is 9.97 Å². The molecule has 174 valence electrons. The summed E-state index contributed by atoms with van der Waals surface area (Å²) in [5.74, 6) is 0.804. The van der Waals surface area contributed by atoms with Crippen LogP contribution in [0.1, 0.15) is 5.56 Å². The topological polar surface area (TPSA) is 143 Å². The Balaban J connectivity index is 1.54. The number of nitrogens with zero attached hydrogens (tertiary/aromatic N) is 2. The van der Waals surface area contributed by atoms with Gasteiger partial charge in [0, 0.05) is 17.4 Å². The number of thiophene rings is 1. The minimum absolute atomic E-state index is 0.216. The van der Waals surface area contributed by atoms with Crippen LogP contribution in [-0.4, -0.2) is 25.7 Å². The Bertz CT molecular complexity index is 1390. The first kappa shape index (κ1) is 23.6. The lowest BCUT2D eigenvalue weighted by Gasteiger charge is -2.11. The van der Waals surface area contributed by atoms with Gasteiger partial charge in [-0.2, -0.15) is 4.98 Å². The van der Waals surface area contributed by atoms with Crippen molar-refractivity contribution in [1.29, 1.82) is 0 Å². The summed E-state index contributed by atoms with van der Waals surface area (Å²) in [5.41, 5.74) is 2.51. The van der Waals surface area contributed by atoms with Crippen molar-refractivity contribution >= 4 is 52.6 Å². The average molecular weight is 498 g/mol. The summed E-state index contributed by atoms with van der Waals surface area (Å²) in [6.45, 7) is 3.22. The fourth-order valence-corrected chi connectivity index (χ4v) is 3.95. The number of phosphoric ester groups is 1. The maximum absolute atomic E-state index is 11.6. The van der Waals surface area contributed by atoms with Crippen LogP contribution >= 0.6 is 19.2 Å². The highest BCUT2D eigenvalue weighted by Crippen LogP contribution is 2.37. The highest BCUT2D eigenvalue weighted by molar-refractivity contribution is 7.46. The van der Waals surface area contributed by atoms with Gasteiger partial charge in [-0.25, -0.2) is 9.55 Å². The zero-order valence-electron chi connectivity index (χ0n) is 17.5. The molecule has 0 fully saturated rings. The maximum Gasteiger partial charge on any atom is 0.469 e. The monoisotopic (exact) mass is 498 g/mol. The van der Waals surface area contributed by atoms with Crippen LogP contribution in [-0.2, 0) is 20.5 Å². The van der Waals surface area contributed by atoms with E-state index in [2.05, 4.69) is 31.7 Å². The van der Waals surface area contributed by atoms with Crippen LogP contribution in [0.5, 0.6) is 11.6 Å². The van der Waals surface area contributed by atoms with E-state index in [1.54, 1.807) is 48.5 Å². The van der Waals surface area contributed by atoms with Crippen LogP contribution in [0.4, 0.5) is 17.3 Å². The molecule has 0 aliphatic rings. The van der Waals surface area contributed by atoms with E-state index >= 15 is 0 Å². The van der Waals surface area contributed by atoms with Gasteiger partial charge in [-0.1, -0.05) is 24.8 Å². The highest BCUT2D eigenvalue weighted by Gasteiger charge is 2.14. The lowest BCUT2D eigenvalue weighted by molar-refractivity contribution is -0.111. The summed E-state index contributed by atoms with van der Waals surface area (Å²) in [4.78, 5) is 38.2. The van der Waals surface area contributed by atoms with E-state index in [4.69, 9.17) is 14.5 Å². The molecular weight excluding hydrogens is 479 g/mol. The van der Waals surface area contributed by atoms with Gasteiger partial charge in [-0.15, -0.1) is 11.3 Å². The lowest BCUT2D eigenvalue weighted by Crippen LogP contribution is -2.07. The van der Waals surface area contributed by atoms with Crippen molar-refractivity contribution in [3.8, 4) is 11.6 Å². The molecule has 4 aromatic rings. The molecule has 0 aliphatic carbocycles. The minimum Gasteiger partial charge on any atom is -0.437 e. The molecule has 0 radical (unpaired) electrons. The first-order valence-electron chi connectivity index (χ1n) is 9.82. The Hall–Kier alpha value is -3.60. The first-order chi connectivity index (χ1) is 16.3. The number of amides is 1. The Morgan fingerprint density at radius 2 is 1.91 bits per heavy atom. The largest absolute Gasteiger partial charge is 0.469 e. The summed E-state index contributed by atoms with van der Waals surface area (Å²) in [6, 6.07) is 15.5. The first-order valence-corrected chi connectivity index (χ1v) is 12.2. The SMILES string of the molecule is C=CC(=O)Nc1cccc(Oc2nc(Nc3ccc(COP(=O)(O)O)cc3)nc3ccsc23)c1. The summed E-state index contributed by atoms with van der Waals surface area (Å²) in [5, 5.41) is 7.66. The summed E-state index contributed by atoms with van der Waals surface area (Å²) >= 11 is 1.44. The molecule has 4 rings (SSSR count). The van der Waals surface area contributed by atoms with Crippen molar-refractivity contribution in [2.24, 2.45) is 0 Å². The van der Waals surface area contributed by atoms with Crippen LogP contribution in [0.3, 0.4) is 0 Å². The van der Waals surface area contributed by atoms with Gasteiger partial charge in [0.05, 0.1) is 12.1 Å². The van der Waals surface area contributed by atoms with Crippen LogP contribution in [0.2, 0.25) is 0 Å². The fourth-order valence-electron chi connectivity index (χ4n) is 2.88. The highest BCUT2D eigenvalue weighted by atomic mass is 32.1. The third-order valence-electron chi connectivity index (χ3n) is 4.38. The van der Waals surface area contributed by atoms with Gasteiger partial charge in [0.25, 0.3) is 0 Å². The van der Waals surface area contributed by atoms with E-state index in [9.17, 15) is 9.36 Å². The van der Waals surface area contributed by atoms with Gasteiger partial charge in [0.15, 0.2) is 0 Å². The molecule has 0 saturated heterocycles. The Morgan fingerprint density at radius 1 is 1.12 bits per heavy atom. The normalized spacial score (nSPS) is 11.2. The quantitative estimate of drug-likeness (QED) is 0.186. The van der Waals surface area contributed by atoms with E-state index in [1.165, 1.54) is 17.4 Å². The van der Waals surface area contributed by atoms with Crippen molar-refractivity contribution in [2.45, 2.75) is 6.61 Å². The number of phosphoric acid groups is 1. The third-order valence-corrected chi connectivity index (χ3v) is 5.74. The van der Waals surface area contributed by atoms with Crippen LogP contribution in [0.15, 0.2) is 72.6 Å². The molecule has 2 heterocycles. The minimum atomic E-state index is -4.54. The second-order valence-electron chi connectivity index (χ2n) is 6.90. The predicted molar refractivity (Wildman–Crippen MR) is 129 cm³/mol. The fraction of sp³-hybridized carbons (Fsp3) is 0.0455. The Labute approximate surface area is 198 Å². The van der Waals surface area contributed by atoms with E-state index in [-0.39, 0.29) is 12.5 Å². The van der Waals surface area contributed by atoms with Crippen LogP contribution < -0.4 is 15.4 Å². The molecule has 2 aromatic heterocycles. The van der Waals surface area contributed by atoms with Crippen molar-refractivity contribution in [2.75, 3.05) is 10.6 Å². The number of carbonyl (C=O) groups excluding carboxylic acids is 1. The molecule has 2 aromatic carbocycles. The summed E-state index contributed by atoms with van der Waals surface area (Å²) in [6.07, 6.45) is 1.18. The van der Waals surface area contributed by atoms with Crippen molar-refractivity contribution in [3.05, 3.63) is 78.2 Å². The van der Waals surface area contributed by atoms with Gasteiger partial charge in [0.1, 0.15) is 10.4 Å². The van der Waals surface area contributed by atoms with Crippen molar-refractivity contribution in [3.63, 3.8) is 0 Å². The molecule has 0 aliphatic heterocycles. The second kappa shape index (κ2) is 10.1. The summed E-state index contributed by atoms with van der Waals surface area (Å²) < 4.78 is 22.1. The molecule has 0 bridgehead atoms. The maximum atomic E-state index is 11.6. The standard InChI is InChI=1S/C22H19N4O6PS/c1-2-19(27)23-16-4-3-5-17(12-16)32-21-20-18(10-11-34-20)25-22(26-21)24-15-8-6-14(7-9-15)13-31-33(28,29)30/h2-12H,1,13H2,(H,23,27)(H,24,25,26)(H2,28,29,30). The number of rotatable bonds is 9. The van der Waals surface area contributed by atoms with Gasteiger partial charge in [0.2, 0.25) is 17.7 Å². The van der Waals surface area contributed by atoms with E-state index < -0.39 is 7.82 Å². The second-order valence-corrected chi connectivity index (χ2v) is 9.05. The van der Waals surface area contributed by atoms with Crippen LogP contribution in [0.25, 0.3) is 10.2 Å². The molecule has 34 heavy (non-hydrogen) atoms. The molecule has 1 amide bonds. The Morgan fingerprint density at radius 3 is 2.65 bits per heavy atom. The van der Waals surface area contributed by atoms with Gasteiger partial charge >= 0.3 is 7.82 Å². The zero-order valence-corrected chi connectivity index (χ0v) is 19.3. The Kier molecular flexibility index (Phi) is 7.01. The number of ether oxygens (including phenoxy) is 1. The summed E-state index contributed by atoms with van der Waals surface area (Å²) in [7, 11) is -4.54. The number of fused-ring (bicyclic) bond motifs is 1. The molecular formula is C22H19N4O6PS. The predicted octanol–water partition coefficient (Wildman–Crippen LogP) is 4.96. The molecule has 0 saturated carbocycles. The average Bonchev–Trinajstić information content (AvgIpc) is 3.27. The number of anilines is 3. The van der Waals surface area contributed by atoms with Gasteiger partial charge in [-0.05, 0) is 47.4 Å². The molecule has 4 N–H and O–H groups in total. The van der Waals surface area contributed by atoms with Gasteiger partial charge < -0.3 is 25.2 Å². The molecule has 0 unspecified atom stereocenters. The number of hydrogen-bond acceptors (Lipinski definition) is 8. The van der Waals surface area contributed by atoms with Crippen LogP contribution in [0, 0.1) is 0 Å². The molecule has 0 spiro atoms.